The largest absolute Gasteiger partial charge is 0.324 e. The lowest BCUT2D eigenvalue weighted by molar-refractivity contribution is 0.597. The molecule has 31 heavy (non-hydrogen) atoms. The second kappa shape index (κ2) is 8.15. The number of hydrogen-bond acceptors (Lipinski definition) is 7. The molecule has 0 unspecified atom stereocenters. The highest BCUT2D eigenvalue weighted by Crippen LogP contribution is 2.20. The summed E-state index contributed by atoms with van der Waals surface area (Å²) in [5.41, 5.74) is 0.944. The standard InChI is InChI=1S/C21H21N7O2S/c1-4-13-27-20(29)16-14-22-21(23-15-9-6-5-7-10-15)25-19(16)28(27)18-12-8-11-17(24-18)26-31(2,3)30/h4-12,14H,1,13H2,2-3H3,(H,22,23,25). The monoisotopic (exact) mass is 435 g/mol. The summed E-state index contributed by atoms with van der Waals surface area (Å²) in [5, 5.41) is 3.48. The molecule has 158 valence electrons. The number of aromatic nitrogens is 5. The van der Waals surface area contributed by atoms with Gasteiger partial charge in [-0.05, 0) is 24.3 Å². The third kappa shape index (κ3) is 4.38. The average Bonchev–Trinajstić information content (AvgIpc) is 2.99. The van der Waals surface area contributed by atoms with Crippen molar-refractivity contribution in [2.45, 2.75) is 6.54 Å². The van der Waals surface area contributed by atoms with Gasteiger partial charge in [-0.25, -0.2) is 23.5 Å². The number of nitrogens with one attached hydrogen (secondary N) is 1. The number of anilines is 2. The van der Waals surface area contributed by atoms with Crippen LogP contribution in [-0.4, -0.2) is 41.0 Å². The molecule has 0 aliphatic carbocycles. The third-order valence-corrected chi connectivity index (χ3v) is 4.88. The number of nitrogens with zero attached hydrogens (tertiary/aromatic N) is 6. The van der Waals surface area contributed by atoms with Crippen molar-refractivity contribution in [2.75, 3.05) is 17.8 Å². The number of fused-ring (bicyclic) bond motifs is 1. The summed E-state index contributed by atoms with van der Waals surface area (Å²) < 4.78 is 19.3. The first-order valence-electron chi connectivity index (χ1n) is 9.42. The van der Waals surface area contributed by atoms with E-state index >= 15 is 0 Å². The van der Waals surface area contributed by atoms with Crippen LogP contribution in [-0.2, 0) is 16.3 Å². The van der Waals surface area contributed by atoms with Crippen LogP contribution in [0.25, 0.3) is 16.9 Å². The minimum absolute atomic E-state index is 0.248. The number of para-hydroxylation sites is 1. The Balaban J connectivity index is 1.92. The molecule has 0 fully saturated rings. The van der Waals surface area contributed by atoms with Crippen LogP contribution in [0.5, 0.6) is 0 Å². The van der Waals surface area contributed by atoms with Crippen molar-refractivity contribution < 1.29 is 4.21 Å². The predicted molar refractivity (Wildman–Crippen MR) is 123 cm³/mol. The van der Waals surface area contributed by atoms with Crippen molar-refractivity contribution in [1.82, 2.24) is 24.3 Å². The smallest absolute Gasteiger partial charge is 0.278 e. The molecule has 0 radical (unpaired) electrons. The zero-order valence-electron chi connectivity index (χ0n) is 17.1. The molecule has 0 atom stereocenters. The highest BCUT2D eigenvalue weighted by atomic mass is 32.2. The molecule has 0 saturated carbocycles. The van der Waals surface area contributed by atoms with Crippen LogP contribution in [0.1, 0.15) is 0 Å². The Morgan fingerprint density at radius 3 is 2.61 bits per heavy atom. The zero-order valence-corrected chi connectivity index (χ0v) is 17.9. The van der Waals surface area contributed by atoms with Gasteiger partial charge in [-0.2, -0.15) is 9.35 Å². The first-order valence-corrected chi connectivity index (χ1v) is 11.7. The van der Waals surface area contributed by atoms with E-state index in [1.165, 1.54) is 23.4 Å². The first-order chi connectivity index (χ1) is 14.9. The van der Waals surface area contributed by atoms with E-state index in [-0.39, 0.29) is 12.1 Å². The van der Waals surface area contributed by atoms with Crippen LogP contribution >= 0.6 is 0 Å². The van der Waals surface area contributed by atoms with Gasteiger partial charge in [0.2, 0.25) is 5.95 Å². The van der Waals surface area contributed by atoms with Gasteiger partial charge in [0.25, 0.3) is 5.56 Å². The van der Waals surface area contributed by atoms with Gasteiger partial charge in [0.1, 0.15) is 5.39 Å². The van der Waals surface area contributed by atoms with Gasteiger partial charge in [-0.3, -0.25) is 4.79 Å². The fourth-order valence-electron chi connectivity index (χ4n) is 3.07. The molecule has 10 heteroatoms. The summed E-state index contributed by atoms with van der Waals surface area (Å²) in [6.07, 6.45) is 6.18. The second-order valence-corrected chi connectivity index (χ2v) is 9.58. The third-order valence-electron chi connectivity index (χ3n) is 4.26. The van der Waals surface area contributed by atoms with Crippen LogP contribution in [0.2, 0.25) is 0 Å². The van der Waals surface area contributed by atoms with E-state index in [1.807, 2.05) is 30.3 Å². The average molecular weight is 436 g/mol. The Morgan fingerprint density at radius 1 is 1.13 bits per heavy atom. The Kier molecular flexibility index (Phi) is 5.38. The molecule has 1 N–H and O–H groups in total. The maximum Gasteiger partial charge on any atom is 0.278 e. The van der Waals surface area contributed by atoms with Gasteiger partial charge < -0.3 is 5.32 Å². The van der Waals surface area contributed by atoms with E-state index in [9.17, 15) is 9.00 Å². The molecule has 0 spiro atoms. The SMILES string of the molecule is C=CCn1c(=O)c2cnc(Nc3ccccc3)nc2n1-c1cccc(N=S(C)(C)=O)n1. The van der Waals surface area contributed by atoms with Crippen molar-refractivity contribution in [3.63, 3.8) is 0 Å². The Hall–Kier alpha value is -3.79. The quantitative estimate of drug-likeness (QED) is 0.466. The summed E-state index contributed by atoms with van der Waals surface area (Å²) >= 11 is 0. The van der Waals surface area contributed by atoms with E-state index in [4.69, 9.17) is 0 Å². The summed E-state index contributed by atoms with van der Waals surface area (Å²) in [6, 6.07) is 14.6. The Bertz CT molecular complexity index is 1440. The highest BCUT2D eigenvalue weighted by molar-refractivity contribution is 7.92. The van der Waals surface area contributed by atoms with Crippen LogP contribution < -0.4 is 10.9 Å². The van der Waals surface area contributed by atoms with Gasteiger partial charge in [0.15, 0.2) is 17.3 Å². The molecule has 0 amide bonds. The van der Waals surface area contributed by atoms with Gasteiger partial charge >= 0.3 is 0 Å². The molecule has 3 heterocycles. The molecular weight excluding hydrogens is 414 g/mol. The van der Waals surface area contributed by atoms with Crippen molar-refractivity contribution in [3.05, 3.63) is 77.7 Å². The van der Waals surface area contributed by atoms with Gasteiger partial charge in [0.05, 0.1) is 6.54 Å². The minimum atomic E-state index is -2.39. The van der Waals surface area contributed by atoms with E-state index in [0.717, 1.165) is 5.69 Å². The van der Waals surface area contributed by atoms with Crippen molar-refractivity contribution >= 4 is 38.2 Å². The number of rotatable bonds is 6. The molecule has 0 bridgehead atoms. The number of pyridine rings is 1. The lowest BCUT2D eigenvalue weighted by Crippen LogP contribution is -2.22. The van der Waals surface area contributed by atoms with Gasteiger partial charge in [-0.15, -0.1) is 6.58 Å². The Labute approximate surface area is 179 Å². The van der Waals surface area contributed by atoms with Crippen LogP contribution in [0.4, 0.5) is 17.5 Å². The summed E-state index contributed by atoms with van der Waals surface area (Å²) in [5.74, 6) is 1.07. The molecule has 0 aliphatic heterocycles. The van der Waals surface area contributed by atoms with Gasteiger partial charge in [-0.1, -0.05) is 30.3 Å². The lowest BCUT2D eigenvalue weighted by atomic mass is 10.3. The molecule has 4 rings (SSSR count). The molecule has 3 aromatic heterocycles. The van der Waals surface area contributed by atoms with E-state index in [2.05, 4.69) is 31.2 Å². The van der Waals surface area contributed by atoms with Crippen LogP contribution in [0, 0.1) is 0 Å². The molecule has 1 aromatic carbocycles. The number of allylic oxidation sites excluding steroid dienone is 1. The van der Waals surface area contributed by atoms with Crippen molar-refractivity contribution in [3.8, 4) is 5.82 Å². The molecule has 0 aliphatic rings. The van der Waals surface area contributed by atoms with Crippen molar-refractivity contribution in [2.24, 2.45) is 4.36 Å². The topological polar surface area (TPSA) is 107 Å². The fraction of sp³-hybridized carbons (Fsp3) is 0.143. The normalized spacial score (nSPS) is 11.4. The summed E-state index contributed by atoms with van der Waals surface area (Å²) in [6.45, 7) is 3.99. The number of benzene rings is 1. The first kappa shape index (κ1) is 20.5. The van der Waals surface area contributed by atoms with E-state index in [1.54, 1.807) is 29.0 Å². The van der Waals surface area contributed by atoms with Gasteiger partial charge in [0, 0.05) is 34.1 Å². The summed E-state index contributed by atoms with van der Waals surface area (Å²) in [7, 11) is -2.39. The Morgan fingerprint density at radius 2 is 1.90 bits per heavy atom. The molecular formula is C21H21N7O2S. The fourth-order valence-corrected chi connectivity index (χ4v) is 3.62. The molecule has 9 nitrogen and oxygen atoms in total. The lowest BCUT2D eigenvalue weighted by Gasteiger charge is -2.11. The predicted octanol–water partition coefficient (Wildman–Crippen LogP) is 3.27. The minimum Gasteiger partial charge on any atom is -0.324 e. The second-order valence-electron chi connectivity index (χ2n) is 7.04. The van der Waals surface area contributed by atoms with E-state index < -0.39 is 9.73 Å². The molecule has 4 aromatic rings. The number of hydrogen-bond donors (Lipinski definition) is 1. The summed E-state index contributed by atoms with van der Waals surface area (Å²) in [4.78, 5) is 26.3. The van der Waals surface area contributed by atoms with Crippen molar-refractivity contribution in [1.29, 1.82) is 0 Å². The van der Waals surface area contributed by atoms with Crippen LogP contribution in [0.3, 0.4) is 0 Å². The zero-order chi connectivity index (χ0) is 22.0. The van der Waals surface area contributed by atoms with Crippen LogP contribution in [0.15, 0.2) is 76.5 Å². The van der Waals surface area contributed by atoms with E-state index in [0.29, 0.717) is 28.6 Å². The maximum atomic E-state index is 13.0. The molecule has 0 saturated heterocycles. The maximum absolute atomic E-state index is 13.0. The highest BCUT2D eigenvalue weighted by Gasteiger charge is 2.18.